The Kier molecular flexibility index (Phi) is 5.00. The van der Waals surface area contributed by atoms with Crippen LogP contribution in [0.4, 0.5) is 0 Å². The van der Waals surface area contributed by atoms with Crippen LogP contribution < -0.4 is 0 Å². The summed E-state index contributed by atoms with van der Waals surface area (Å²) in [5, 5.41) is 0. The first-order chi connectivity index (χ1) is 9.18. The third-order valence-electron chi connectivity index (χ3n) is 4.11. The van der Waals surface area contributed by atoms with Crippen molar-refractivity contribution in [2.24, 2.45) is 11.8 Å². The quantitative estimate of drug-likeness (QED) is 0.765. The summed E-state index contributed by atoms with van der Waals surface area (Å²) in [6, 6.07) is 10.6. The first-order valence-corrected chi connectivity index (χ1v) is 7.51. The van der Waals surface area contributed by atoms with E-state index in [0.29, 0.717) is 11.8 Å². The van der Waals surface area contributed by atoms with Crippen LogP contribution in [0.2, 0.25) is 0 Å². The van der Waals surface area contributed by atoms with Crippen molar-refractivity contribution in [2.75, 3.05) is 13.1 Å². The Hall–Kier alpha value is -1.31. The Labute approximate surface area is 116 Å². The van der Waals surface area contributed by atoms with Gasteiger partial charge in [-0.05, 0) is 37.2 Å². The van der Waals surface area contributed by atoms with Gasteiger partial charge in [-0.25, -0.2) is 0 Å². The Morgan fingerprint density at radius 2 is 1.89 bits per heavy atom. The van der Waals surface area contributed by atoms with Crippen molar-refractivity contribution in [3.8, 4) is 0 Å². The van der Waals surface area contributed by atoms with Crippen molar-refractivity contribution in [3.05, 3.63) is 35.9 Å². The smallest absolute Gasteiger partial charge is 0.225 e. The van der Waals surface area contributed by atoms with E-state index in [1.807, 2.05) is 11.0 Å². The number of rotatable bonds is 6. The molecule has 1 aliphatic rings. The summed E-state index contributed by atoms with van der Waals surface area (Å²) in [6.45, 7) is 6.29. The fourth-order valence-electron chi connectivity index (χ4n) is 2.68. The van der Waals surface area contributed by atoms with E-state index in [0.717, 1.165) is 32.4 Å². The lowest BCUT2D eigenvalue weighted by Gasteiger charge is -2.35. The average molecular weight is 259 g/mol. The maximum atomic E-state index is 12.3. The van der Waals surface area contributed by atoms with E-state index in [1.54, 1.807) is 0 Å². The summed E-state index contributed by atoms with van der Waals surface area (Å²) < 4.78 is 0. The minimum atomic E-state index is 0.212. The van der Waals surface area contributed by atoms with E-state index < -0.39 is 0 Å². The van der Waals surface area contributed by atoms with Crippen molar-refractivity contribution in [1.29, 1.82) is 0 Å². The van der Waals surface area contributed by atoms with Gasteiger partial charge in [-0.2, -0.15) is 0 Å². The van der Waals surface area contributed by atoms with Crippen LogP contribution >= 0.6 is 0 Å². The molecule has 1 aromatic rings. The number of hydrogen-bond donors (Lipinski definition) is 0. The second kappa shape index (κ2) is 6.74. The number of amides is 1. The summed E-state index contributed by atoms with van der Waals surface area (Å²) >= 11 is 0. The van der Waals surface area contributed by atoms with Crippen LogP contribution in [-0.4, -0.2) is 23.9 Å². The molecule has 1 fully saturated rings. The predicted molar refractivity (Wildman–Crippen MR) is 78.9 cm³/mol. The third kappa shape index (κ3) is 3.82. The molecular formula is C17H25NO. The van der Waals surface area contributed by atoms with Gasteiger partial charge in [-0.3, -0.25) is 4.79 Å². The maximum absolute atomic E-state index is 12.3. The molecule has 0 aliphatic carbocycles. The molecule has 1 amide bonds. The van der Waals surface area contributed by atoms with E-state index in [1.165, 1.54) is 12.0 Å². The van der Waals surface area contributed by atoms with Crippen molar-refractivity contribution in [1.82, 2.24) is 4.90 Å². The first-order valence-electron chi connectivity index (χ1n) is 7.51. The van der Waals surface area contributed by atoms with E-state index in [4.69, 9.17) is 0 Å². The molecule has 2 heteroatoms. The Morgan fingerprint density at radius 3 is 2.42 bits per heavy atom. The number of likely N-dealkylation sites (tertiary alicyclic amines) is 1. The lowest BCUT2D eigenvalue weighted by molar-refractivity contribution is -0.140. The number of carbonyl (C=O) groups excluding carboxylic acids is 1. The first kappa shape index (κ1) is 14.1. The van der Waals surface area contributed by atoms with Crippen LogP contribution in [0.5, 0.6) is 0 Å². The number of aryl methyl sites for hydroxylation is 1. The second-order valence-electron chi connectivity index (χ2n) is 5.91. The Bertz CT molecular complexity index is 395. The Morgan fingerprint density at radius 1 is 1.21 bits per heavy atom. The molecule has 1 aliphatic heterocycles. The molecule has 0 N–H and O–H groups in total. The maximum Gasteiger partial charge on any atom is 0.225 e. The van der Waals surface area contributed by atoms with Gasteiger partial charge in [0, 0.05) is 19.0 Å². The Balaban J connectivity index is 1.82. The zero-order valence-electron chi connectivity index (χ0n) is 12.1. The van der Waals surface area contributed by atoms with Gasteiger partial charge in [0.25, 0.3) is 0 Å². The van der Waals surface area contributed by atoms with Crippen molar-refractivity contribution < 1.29 is 4.79 Å². The van der Waals surface area contributed by atoms with Crippen LogP contribution in [0.3, 0.4) is 0 Å². The highest BCUT2D eigenvalue weighted by Crippen LogP contribution is 2.23. The van der Waals surface area contributed by atoms with Crippen LogP contribution in [0.25, 0.3) is 0 Å². The molecule has 0 aromatic heterocycles. The van der Waals surface area contributed by atoms with E-state index >= 15 is 0 Å². The van der Waals surface area contributed by atoms with Gasteiger partial charge in [0.2, 0.25) is 5.91 Å². The average Bonchev–Trinajstić information content (AvgIpc) is 2.33. The van der Waals surface area contributed by atoms with Gasteiger partial charge in [-0.1, -0.05) is 44.2 Å². The van der Waals surface area contributed by atoms with Gasteiger partial charge in [-0.15, -0.1) is 0 Å². The van der Waals surface area contributed by atoms with Gasteiger partial charge in [0.1, 0.15) is 0 Å². The predicted octanol–water partition coefficient (Wildman–Crippen LogP) is 3.51. The summed E-state index contributed by atoms with van der Waals surface area (Å²) in [6.07, 6.45) is 4.38. The number of nitrogens with zero attached hydrogens (tertiary/aromatic N) is 1. The number of benzene rings is 1. The van der Waals surface area contributed by atoms with Crippen LogP contribution in [-0.2, 0) is 11.2 Å². The number of hydrogen-bond acceptors (Lipinski definition) is 1. The zero-order chi connectivity index (χ0) is 13.7. The SMILES string of the molecule is CC(C)[C@H](CCCc1ccccc1)C(=O)N1CCC1. The molecule has 1 atom stereocenters. The zero-order valence-corrected chi connectivity index (χ0v) is 12.1. The van der Waals surface area contributed by atoms with Crippen LogP contribution in [0.1, 0.15) is 38.7 Å². The highest BCUT2D eigenvalue weighted by molar-refractivity contribution is 5.79. The molecule has 0 saturated carbocycles. The van der Waals surface area contributed by atoms with Crippen molar-refractivity contribution >= 4 is 5.91 Å². The van der Waals surface area contributed by atoms with Gasteiger partial charge in [0.15, 0.2) is 0 Å². The van der Waals surface area contributed by atoms with E-state index in [-0.39, 0.29) is 5.92 Å². The highest BCUT2D eigenvalue weighted by Gasteiger charge is 2.29. The van der Waals surface area contributed by atoms with Crippen molar-refractivity contribution in [3.63, 3.8) is 0 Å². The molecule has 0 spiro atoms. The fourth-order valence-corrected chi connectivity index (χ4v) is 2.68. The molecule has 0 unspecified atom stereocenters. The lowest BCUT2D eigenvalue weighted by Crippen LogP contribution is -2.46. The van der Waals surface area contributed by atoms with E-state index in [9.17, 15) is 4.79 Å². The molecule has 2 rings (SSSR count). The molecule has 1 saturated heterocycles. The van der Waals surface area contributed by atoms with E-state index in [2.05, 4.69) is 38.1 Å². The largest absolute Gasteiger partial charge is 0.342 e. The van der Waals surface area contributed by atoms with Crippen LogP contribution in [0.15, 0.2) is 30.3 Å². The fraction of sp³-hybridized carbons (Fsp3) is 0.588. The number of carbonyl (C=O) groups is 1. The summed E-state index contributed by atoms with van der Waals surface area (Å²) in [5.74, 6) is 1.04. The van der Waals surface area contributed by atoms with Gasteiger partial charge < -0.3 is 4.90 Å². The normalized spacial score (nSPS) is 16.3. The molecule has 2 nitrogen and oxygen atoms in total. The standard InChI is InChI=1S/C17H25NO/c1-14(2)16(17(19)18-12-7-13-18)11-6-10-15-8-4-3-5-9-15/h3-5,8-9,14,16H,6-7,10-13H2,1-2H3/t16-/m0/s1. The van der Waals surface area contributed by atoms with Gasteiger partial charge in [0.05, 0.1) is 0 Å². The minimum Gasteiger partial charge on any atom is -0.342 e. The van der Waals surface area contributed by atoms with Crippen LogP contribution in [0, 0.1) is 11.8 Å². The van der Waals surface area contributed by atoms with Gasteiger partial charge >= 0.3 is 0 Å². The molecule has 19 heavy (non-hydrogen) atoms. The third-order valence-corrected chi connectivity index (χ3v) is 4.11. The molecule has 104 valence electrons. The van der Waals surface area contributed by atoms with Crippen molar-refractivity contribution in [2.45, 2.75) is 39.5 Å². The molecule has 0 radical (unpaired) electrons. The lowest BCUT2D eigenvalue weighted by atomic mass is 9.88. The highest BCUT2D eigenvalue weighted by atomic mass is 16.2. The molecule has 1 heterocycles. The monoisotopic (exact) mass is 259 g/mol. The second-order valence-corrected chi connectivity index (χ2v) is 5.91. The topological polar surface area (TPSA) is 20.3 Å². The molecular weight excluding hydrogens is 234 g/mol. The summed E-state index contributed by atoms with van der Waals surface area (Å²) in [4.78, 5) is 14.4. The molecule has 0 bridgehead atoms. The minimum absolute atomic E-state index is 0.212. The molecule has 1 aromatic carbocycles. The summed E-state index contributed by atoms with van der Waals surface area (Å²) in [5.41, 5.74) is 1.38. The summed E-state index contributed by atoms with van der Waals surface area (Å²) in [7, 11) is 0.